The van der Waals surface area contributed by atoms with Gasteiger partial charge in [-0.2, -0.15) is 0 Å². The molecule has 0 aliphatic carbocycles. The van der Waals surface area contributed by atoms with E-state index in [0.29, 0.717) is 0 Å². The largest absolute Gasteiger partial charge is 0.295 e. The summed E-state index contributed by atoms with van der Waals surface area (Å²) < 4.78 is 0. The SMILES string of the molecule is CCCCCCc1ccc(C(C)=O)cc1CCCCCC. The molecule has 0 amide bonds. The van der Waals surface area contributed by atoms with Crippen LogP contribution in [0.4, 0.5) is 0 Å². The van der Waals surface area contributed by atoms with Crippen LogP contribution < -0.4 is 0 Å². The molecule has 1 aromatic rings. The summed E-state index contributed by atoms with van der Waals surface area (Å²) in [5.74, 6) is 0.183. The van der Waals surface area contributed by atoms with Gasteiger partial charge < -0.3 is 0 Å². The minimum absolute atomic E-state index is 0.183. The van der Waals surface area contributed by atoms with Crippen molar-refractivity contribution >= 4 is 5.78 Å². The molecular formula is C20H32O. The number of unbranched alkanes of at least 4 members (excludes halogenated alkanes) is 6. The number of ketones is 1. The molecule has 1 heteroatoms. The van der Waals surface area contributed by atoms with E-state index in [1.165, 1.54) is 68.9 Å². The topological polar surface area (TPSA) is 17.1 Å². The number of hydrogen-bond acceptors (Lipinski definition) is 1. The van der Waals surface area contributed by atoms with Gasteiger partial charge in [0, 0.05) is 5.56 Å². The fourth-order valence-corrected chi connectivity index (χ4v) is 2.81. The maximum Gasteiger partial charge on any atom is 0.159 e. The highest BCUT2D eigenvalue weighted by molar-refractivity contribution is 5.94. The number of rotatable bonds is 11. The van der Waals surface area contributed by atoms with Crippen molar-refractivity contribution in [1.29, 1.82) is 0 Å². The van der Waals surface area contributed by atoms with Gasteiger partial charge in [-0.1, -0.05) is 64.5 Å². The molecule has 0 bridgehead atoms. The Hall–Kier alpha value is -1.11. The molecule has 0 radical (unpaired) electrons. The summed E-state index contributed by atoms with van der Waals surface area (Å²) in [6, 6.07) is 6.34. The number of hydrogen-bond donors (Lipinski definition) is 0. The average molecular weight is 288 g/mol. The van der Waals surface area contributed by atoms with Gasteiger partial charge in [-0.3, -0.25) is 4.79 Å². The van der Waals surface area contributed by atoms with Crippen LogP contribution in [-0.2, 0) is 12.8 Å². The molecule has 0 N–H and O–H groups in total. The van der Waals surface area contributed by atoms with Crippen molar-refractivity contribution < 1.29 is 4.79 Å². The molecule has 0 fully saturated rings. The lowest BCUT2D eigenvalue weighted by Gasteiger charge is -2.11. The smallest absolute Gasteiger partial charge is 0.159 e. The highest BCUT2D eigenvalue weighted by Gasteiger charge is 2.07. The Morgan fingerprint density at radius 2 is 1.38 bits per heavy atom. The fourth-order valence-electron chi connectivity index (χ4n) is 2.81. The third kappa shape index (κ3) is 6.93. The Balaban J connectivity index is 2.67. The Kier molecular flexibility index (Phi) is 9.05. The lowest BCUT2D eigenvalue weighted by atomic mass is 9.94. The van der Waals surface area contributed by atoms with E-state index in [4.69, 9.17) is 0 Å². The molecule has 0 aliphatic rings. The van der Waals surface area contributed by atoms with Crippen molar-refractivity contribution in [2.45, 2.75) is 85.0 Å². The van der Waals surface area contributed by atoms with E-state index in [-0.39, 0.29) is 5.78 Å². The zero-order valence-corrected chi connectivity index (χ0v) is 14.2. The molecule has 1 aromatic carbocycles. The van der Waals surface area contributed by atoms with E-state index in [9.17, 15) is 4.79 Å². The van der Waals surface area contributed by atoms with Gasteiger partial charge in [0.05, 0.1) is 0 Å². The molecular weight excluding hydrogens is 256 g/mol. The van der Waals surface area contributed by atoms with E-state index in [1.807, 2.05) is 6.07 Å². The van der Waals surface area contributed by atoms with E-state index in [1.54, 1.807) is 6.92 Å². The molecule has 0 atom stereocenters. The van der Waals surface area contributed by atoms with Gasteiger partial charge in [0.2, 0.25) is 0 Å². The summed E-state index contributed by atoms with van der Waals surface area (Å²) >= 11 is 0. The molecule has 118 valence electrons. The van der Waals surface area contributed by atoms with Crippen LogP contribution in [0.3, 0.4) is 0 Å². The Morgan fingerprint density at radius 1 is 0.810 bits per heavy atom. The van der Waals surface area contributed by atoms with E-state index >= 15 is 0 Å². The van der Waals surface area contributed by atoms with Crippen LogP contribution in [0, 0.1) is 0 Å². The van der Waals surface area contributed by atoms with Gasteiger partial charge in [0.25, 0.3) is 0 Å². The molecule has 0 saturated carbocycles. The van der Waals surface area contributed by atoms with Crippen molar-refractivity contribution in [2.75, 3.05) is 0 Å². The molecule has 0 unspecified atom stereocenters. The number of Topliss-reactive ketones (excluding diaryl/α,β-unsaturated/α-hetero) is 1. The minimum atomic E-state index is 0.183. The van der Waals surface area contributed by atoms with Gasteiger partial charge in [-0.05, 0) is 49.8 Å². The Morgan fingerprint density at radius 3 is 1.90 bits per heavy atom. The summed E-state index contributed by atoms with van der Waals surface area (Å²) in [6.07, 6.45) is 12.6. The highest BCUT2D eigenvalue weighted by atomic mass is 16.1. The average Bonchev–Trinajstić information content (AvgIpc) is 2.48. The molecule has 21 heavy (non-hydrogen) atoms. The fraction of sp³-hybridized carbons (Fsp3) is 0.650. The second kappa shape index (κ2) is 10.6. The van der Waals surface area contributed by atoms with Crippen molar-refractivity contribution in [3.8, 4) is 0 Å². The van der Waals surface area contributed by atoms with Gasteiger partial charge in [-0.25, -0.2) is 0 Å². The van der Waals surface area contributed by atoms with Gasteiger partial charge in [0.1, 0.15) is 0 Å². The highest BCUT2D eigenvalue weighted by Crippen LogP contribution is 2.19. The number of benzene rings is 1. The molecule has 1 rings (SSSR count). The van der Waals surface area contributed by atoms with Crippen LogP contribution in [0.5, 0.6) is 0 Å². The predicted molar refractivity (Wildman–Crippen MR) is 92.1 cm³/mol. The summed E-state index contributed by atoms with van der Waals surface area (Å²) in [7, 11) is 0. The lowest BCUT2D eigenvalue weighted by molar-refractivity contribution is 0.101. The number of carbonyl (C=O) groups is 1. The third-order valence-corrected chi connectivity index (χ3v) is 4.21. The van der Waals surface area contributed by atoms with Crippen LogP contribution in [0.25, 0.3) is 0 Å². The van der Waals surface area contributed by atoms with Crippen LogP contribution in [-0.4, -0.2) is 5.78 Å². The number of aryl methyl sites for hydroxylation is 2. The zero-order valence-electron chi connectivity index (χ0n) is 14.2. The van der Waals surface area contributed by atoms with Crippen LogP contribution in [0.1, 0.15) is 93.6 Å². The van der Waals surface area contributed by atoms with E-state index in [2.05, 4.69) is 26.0 Å². The van der Waals surface area contributed by atoms with Crippen molar-refractivity contribution in [3.05, 3.63) is 34.9 Å². The molecule has 0 aliphatic heterocycles. The summed E-state index contributed by atoms with van der Waals surface area (Å²) in [4.78, 5) is 11.6. The second-order valence-electron chi connectivity index (χ2n) is 6.16. The van der Waals surface area contributed by atoms with Gasteiger partial charge >= 0.3 is 0 Å². The molecule has 0 saturated heterocycles. The Labute approximate surface area is 131 Å². The van der Waals surface area contributed by atoms with Crippen molar-refractivity contribution in [1.82, 2.24) is 0 Å². The third-order valence-electron chi connectivity index (χ3n) is 4.21. The summed E-state index contributed by atoms with van der Waals surface area (Å²) in [5, 5.41) is 0. The second-order valence-corrected chi connectivity index (χ2v) is 6.16. The number of carbonyl (C=O) groups excluding carboxylic acids is 1. The Bertz CT molecular complexity index is 420. The summed E-state index contributed by atoms with van der Waals surface area (Å²) in [5.41, 5.74) is 3.75. The van der Waals surface area contributed by atoms with Gasteiger partial charge in [0.15, 0.2) is 5.78 Å². The van der Waals surface area contributed by atoms with Crippen molar-refractivity contribution in [2.24, 2.45) is 0 Å². The molecule has 0 heterocycles. The molecule has 0 spiro atoms. The lowest BCUT2D eigenvalue weighted by Crippen LogP contribution is -2.00. The predicted octanol–water partition coefficient (Wildman–Crippen LogP) is 6.13. The maximum absolute atomic E-state index is 11.6. The molecule has 0 aromatic heterocycles. The van der Waals surface area contributed by atoms with Gasteiger partial charge in [-0.15, -0.1) is 0 Å². The van der Waals surface area contributed by atoms with Crippen LogP contribution in [0.2, 0.25) is 0 Å². The first-order chi connectivity index (χ1) is 10.2. The first kappa shape index (κ1) is 17.9. The quantitative estimate of drug-likeness (QED) is 0.353. The molecule has 1 nitrogen and oxygen atoms in total. The monoisotopic (exact) mass is 288 g/mol. The van der Waals surface area contributed by atoms with Crippen LogP contribution in [0.15, 0.2) is 18.2 Å². The van der Waals surface area contributed by atoms with Crippen molar-refractivity contribution in [3.63, 3.8) is 0 Å². The first-order valence-electron chi connectivity index (χ1n) is 8.81. The minimum Gasteiger partial charge on any atom is -0.295 e. The zero-order chi connectivity index (χ0) is 15.5. The maximum atomic E-state index is 11.6. The normalized spacial score (nSPS) is 10.8. The van der Waals surface area contributed by atoms with E-state index < -0.39 is 0 Å². The standard InChI is InChI=1S/C20H32O/c1-4-6-8-10-12-18-14-15-19(17(3)21)16-20(18)13-11-9-7-5-2/h14-16H,4-13H2,1-3H3. The van der Waals surface area contributed by atoms with Crippen LogP contribution >= 0.6 is 0 Å². The van der Waals surface area contributed by atoms with E-state index in [0.717, 1.165) is 12.0 Å². The summed E-state index contributed by atoms with van der Waals surface area (Å²) in [6.45, 7) is 6.16. The first-order valence-corrected chi connectivity index (χ1v) is 8.81.